The minimum atomic E-state index is -0.594. The van der Waals surface area contributed by atoms with E-state index in [0.717, 1.165) is 44.6 Å². The second kappa shape index (κ2) is 41.1. The fourth-order valence-electron chi connectivity index (χ4n) is 13.1. The molecule has 16 rings (SSSR count). The van der Waals surface area contributed by atoms with E-state index in [4.69, 9.17) is 25.9 Å². The van der Waals surface area contributed by atoms with E-state index in [2.05, 4.69) is 67.2 Å². The number of para-hydroxylation sites is 1. The number of fused-ring (bicyclic) bond motifs is 4. The molecule has 0 bridgehead atoms. The van der Waals surface area contributed by atoms with Crippen molar-refractivity contribution in [1.29, 1.82) is 0 Å². The number of thiophene rings is 3. The Bertz CT molecular complexity index is 7230. The molecule has 0 spiro atoms. The van der Waals surface area contributed by atoms with Crippen LogP contribution >= 0.6 is 45.6 Å². The SMILES string of the molecule is COC(=O)c1sc(N=Nc2c(O)c(C(=O)Nc3ccccc3Cl)cc3ccccc23)c(C=O)c1C.Cc1cccc(NC(=O)c2cc3ccccc3c(N=Nc3sc(C)c(C)c3C=O)c2O)c1.Cc1oc(N=Nc2c(O)c(C(=O)Nc3ccccn3)cc3ccccc23)c(C=O)c1C.O=Cc1ccsc1N=Nc1c(O)c(C(=O)Nc2ccc(CO)cc2)cc2ccccc12. The topological polar surface area (TPSA) is 437 Å². The molecule has 0 radical (unpaired) electrons. The number of azo groups is 4. The molecule has 4 amide bonds. The number of nitrogens with zero attached hydrogens (tertiary/aromatic N) is 9. The molecule has 16 aromatic rings. The van der Waals surface area contributed by atoms with E-state index >= 15 is 0 Å². The number of aliphatic hydroxyl groups is 1. The van der Waals surface area contributed by atoms with Crippen LogP contribution in [0.15, 0.2) is 275 Å². The number of benzene rings is 11. The van der Waals surface area contributed by atoms with Crippen molar-refractivity contribution in [2.24, 2.45) is 40.9 Å². The van der Waals surface area contributed by atoms with E-state index in [-0.39, 0.29) is 95.7 Å². The molecule has 129 heavy (non-hydrogen) atoms. The fourth-order valence-corrected chi connectivity index (χ4v) is 15.9. The standard InChI is InChI=1S/C25H18ClN3O5S.C25H21N3O3S.C23H18N4O4.C23H17N3O4S/c1-13-17(12-30)24(35-22(13)25(33)34-2)29-28-20-15-8-4-3-7-14(15)11-16(21(20)31)23(32)27-19-10-6-5-9-18(19)26;1-14-7-6-9-18(11-14)26-24(31)20-12-17-8-4-5-10-19(17)22(23(20)30)27-28-25-21(13-29)15(2)16(3)32-25;1-13-14(2)31-23(18(13)12-28)27-26-20-16-8-4-3-7-15(16)11-17(21(20)29)22(30)25-19-9-5-6-10-24-19;27-12-14-5-7-17(8-6-14)24-22(30)19-11-15-3-1-2-4-18(15)20(21(19)29)25-26-23-16(13-28)9-10-31-23/h3-12,31H,1-2H3,(H,27,32);4-13,30H,1-3H3,(H,26,31);3-12,29H,1-2H3,(H,24,25,30);1-11,13,27,29H,12H2,(H,24,30). The average molecular weight is 1800 g/mol. The van der Waals surface area contributed by atoms with Gasteiger partial charge in [-0.25, -0.2) is 9.78 Å². The molecular formula is C96H74ClN13O16S3. The lowest BCUT2D eigenvalue weighted by Gasteiger charge is -2.11. The number of aldehydes is 4. The van der Waals surface area contributed by atoms with Crippen LogP contribution in [0.1, 0.15) is 131 Å². The summed E-state index contributed by atoms with van der Waals surface area (Å²) in [6, 6.07) is 62.6. The van der Waals surface area contributed by atoms with Crippen LogP contribution in [-0.4, -0.2) is 92.4 Å². The number of halogens is 1. The Kier molecular flexibility index (Phi) is 28.9. The summed E-state index contributed by atoms with van der Waals surface area (Å²) in [7, 11) is 1.24. The number of hydrogen-bond donors (Lipinski definition) is 9. The highest BCUT2D eigenvalue weighted by Gasteiger charge is 2.27. The van der Waals surface area contributed by atoms with Gasteiger partial charge < -0.3 is 56.0 Å². The van der Waals surface area contributed by atoms with Gasteiger partial charge in [0, 0.05) is 49.6 Å². The van der Waals surface area contributed by atoms with Crippen LogP contribution < -0.4 is 21.3 Å². The summed E-state index contributed by atoms with van der Waals surface area (Å²) in [6.07, 6.45) is 4.23. The molecule has 0 fully saturated rings. The highest BCUT2D eigenvalue weighted by molar-refractivity contribution is 7.18. The first-order valence-electron chi connectivity index (χ1n) is 39.0. The normalized spacial score (nSPS) is 11.1. The number of nitrogens with one attached hydrogen (secondary N) is 4. The minimum Gasteiger partial charge on any atom is -0.505 e. The number of esters is 1. The number of methoxy groups -OCH3 is 1. The van der Waals surface area contributed by atoms with Gasteiger partial charge in [0.25, 0.3) is 23.6 Å². The summed E-state index contributed by atoms with van der Waals surface area (Å²) >= 11 is 9.70. The zero-order chi connectivity index (χ0) is 91.7. The van der Waals surface area contributed by atoms with Crippen LogP contribution in [-0.2, 0) is 11.3 Å². The van der Waals surface area contributed by atoms with E-state index in [1.165, 1.54) is 35.8 Å². The van der Waals surface area contributed by atoms with Crippen molar-refractivity contribution in [1.82, 2.24) is 4.98 Å². The number of ether oxygens (including phenoxy) is 1. The van der Waals surface area contributed by atoms with E-state index in [1.807, 2.05) is 75.4 Å². The Balaban J connectivity index is 0.000000147. The molecule has 0 saturated carbocycles. The lowest BCUT2D eigenvalue weighted by molar-refractivity contribution is 0.0604. The van der Waals surface area contributed by atoms with Gasteiger partial charge in [-0.15, -0.1) is 74.9 Å². The van der Waals surface area contributed by atoms with Crippen molar-refractivity contribution >= 4 is 210 Å². The molecule has 0 aliphatic carbocycles. The van der Waals surface area contributed by atoms with Gasteiger partial charge in [-0.2, -0.15) is 0 Å². The summed E-state index contributed by atoms with van der Waals surface area (Å²) in [6.45, 7) is 10.7. The Labute approximate surface area is 751 Å². The van der Waals surface area contributed by atoms with Crippen molar-refractivity contribution in [3.63, 3.8) is 0 Å². The van der Waals surface area contributed by atoms with Crippen LogP contribution in [0, 0.1) is 41.5 Å². The van der Waals surface area contributed by atoms with Crippen molar-refractivity contribution in [3.05, 3.63) is 323 Å². The molecule has 5 aromatic heterocycles. The molecule has 29 nitrogen and oxygen atoms in total. The fraction of sp³-hybridized carbons (Fsp3) is 0.0833. The molecule has 644 valence electrons. The van der Waals surface area contributed by atoms with Gasteiger partial charge in [-0.05, 0) is 170 Å². The number of amides is 4. The highest BCUT2D eigenvalue weighted by atomic mass is 35.5. The molecule has 0 saturated heterocycles. The van der Waals surface area contributed by atoms with E-state index in [1.54, 1.807) is 190 Å². The van der Waals surface area contributed by atoms with Crippen molar-refractivity contribution < 1.29 is 77.8 Å². The van der Waals surface area contributed by atoms with Crippen molar-refractivity contribution in [3.8, 4) is 23.0 Å². The number of rotatable bonds is 22. The van der Waals surface area contributed by atoms with Gasteiger partial charge in [-0.3, -0.25) is 38.4 Å². The highest BCUT2D eigenvalue weighted by Crippen LogP contribution is 2.47. The predicted octanol–water partition coefficient (Wildman–Crippen LogP) is 25.1. The van der Waals surface area contributed by atoms with Gasteiger partial charge in [0.1, 0.15) is 54.2 Å². The third-order valence-electron chi connectivity index (χ3n) is 20.1. The number of carbonyl (C=O) groups is 9. The first-order chi connectivity index (χ1) is 62.3. The zero-order valence-corrected chi connectivity index (χ0v) is 72.5. The van der Waals surface area contributed by atoms with Gasteiger partial charge in [-0.1, -0.05) is 151 Å². The molecule has 11 aromatic carbocycles. The van der Waals surface area contributed by atoms with Gasteiger partial charge >= 0.3 is 5.97 Å². The number of aliphatic hydroxyl groups excluding tert-OH is 1. The van der Waals surface area contributed by atoms with Crippen LogP contribution in [0.5, 0.6) is 23.0 Å². The predicted molar refractivity (Wildman–Crippen MR) is 498 cm³/mol. The number of aromatic hydroxyl groups is 4. The molecule has 33 heteroatoms. The van der Waals surface area contributed by atoms with Crippen LogP contribution in [0.25, 0.3) is 43.1 Å². The largest absolute Gasteiger partial charge is 0.505 e. The monoisotopic (exact) mass is 1800 g/mol. The molecule has 0 aliphatic heterocycles. The van der Waals surface area contributed by atoms with Gasteiger partial charge in [0.15, 0.2) is 48.1 Å². The smallest absolute Gasteiger partial charge is 0.348 e. The van der Waals surface area contributed by atoms with Crippen LogP contribution in [0.2, 0.25) is 5.02 Å². The third-order valence-corrected chi connectivity index (χ3v) is 23.6. The lowest BCUT2D eigenvalue weighted by atomic mass is 10.0. The second-order valence-electron chi connectivity index (χ2n) is 28.3. The molecule has 5 heterocycles. The quantitative estimate of drug-likeness (QED) is 0.0173. The summed E-state index contributed by atoms with van der Waals surface area (Å²) in [5.74, 6) is -3.08. The minimum absolute atomic E-state index is 0.0146. The van der Waals surface area contributed by atoms with Gasteiger partial charge in [0.05, 0.1) is 68.9 Å². The summed E-state index contributed by atoms with van der Waals surface area (Å²) in [5.41, 5.74) is 7.13. The summed E-state index contributed by atoms with van der Waals surface area (Å²) in [5, 5.41) is 105. The van der Waals surface area contributed by atoms with Crippen molar-refractivity contribution in [2.75, 3.05) is 28.4 Å². The van der Waals surface area contributed by atoms with E-state index in [9.17, 15) is 63.6 Å². The maximum absolute atomic E-state index is 13.0. The number of furan rings is 1. The van der Waals surface area contributed by atoms with Crippen molar-refractivity contribution in [2.45, 2.75) is 48.1 Å². The molecule has 0 atom stereocenters. The molecule has 0 aliphatic rings. The number of anilines is 4. The number of hydrogen-bond acceptors (Lipinski definition) is 28. The number of carbonyl (C=O) groups excluding carboxylic acids is 9. The van der Waals surface area contributed by atoms with E-state index < -0.39 is 35.3 Å². The molecule has 9 N–H and O–H groups in total. The number of pyridine rings is 1. The molecule has 0 unspecified atom stereocenters. The van der Waals surface area contributed by atoms with Crippen LogP contribution in [0.4, 0.5) is 66.5 Å². The van der Waals surface area contributed by atoms with Crippen LogP contribution in [0.3, 0.4) is 0 Å². The summed E-state index contributed by atoms with van der Waals surface area (Å²) in [4.78, 5) is 115. The number of aryl methyl sites for hydroxylation is 3. The Morgan fingerprint density at radius 2 is 0.891 bits per heavy atom. The first kappa shape index (κ1) is 90.6. The maximum atomic E-state index is 13.0. The third kappa shape index (κ3) is 20.5. The van der Waals surface area contributed by atoms with E-state index in [0.29, 0.717) is 122 Å². The number of phenolic OH excluding ortho intramolecular Hbond substituents is 4. The van der Waals surface area contributed by atoms with Gasteiger partial charge in [0.2, 0.25) is 5.88 Å². The first-order valence-corrected chi connectivity index (χ1v) is 41.9. The molecular weight excluding hydrogens is 1720 g/mol. The maximum Gasteiger partial charge on any atom is 0.348 e. The lowest BCUT2D eigenvalue weighted by Crippen LogP contribution is -2.13. The average Bonchev–Trinajstić information content (AvgIpc) is 1.62. The Hall–Kier alpha value is -16.1. The Morgan fingerprint density at radius 3 is 1.36 bits per heavy atom. The second-order valence-corrected chi connectivity index (χ2v) is 31.8. The summed E-state index contributed by atoms with van der Waals surface area (Å²) < 4.78 is 10.3. The number of aromatic nitrogens is 1. The Morgan fingerprint density at radius 1 is 0.442 bits per heavy atom. The number of phenols is 4. The zero-order valence-electron chi connectivity index (χ0n) is 69.3.